The first-order valence-corrected chi connectivity index (χ1v) is 12.8. The predicted octanol–water partition coefficient (Wildman–Crippen LogP) is 5.64. The molecule has 1 aromatic heterocycles. The van der Waals surface area contributed by atoms with Crippen molar-refractivity contribution in [2.75, 3.05) is 18.2 Å². The minimum absolute atomic E-state index is 0.000598. The van der Waals surface area contributed by atoms with Crippen LogP contribution in [0.2, 0.25) is 10.0 Å². The Morgan fingerprint density at radius 2 is 1.94 bits per heavy atom. The molecule has 0 aliphatic heterocycles. The number of ether oxygens (including phenoxy) is 1. The van der Waals surface area contributed by atoms with Gasteiger partial charge in [0.1, 0.15) is 5.75 Å². The number of aromatic nitrogens is 3. The van der Waals surface area contributed by atoms with Gasteiger partial charge < -0.3 is 19.9 Å². The van der Waals surface area contributed by atoms with Crippen molar-refractivity contribution in [3.8, 4) is 5.75 Å². The second-order valence-electron chi connectivity index (χ2n) is 8.10. The zero-order chi connectivity index (χ0) is 26.2. The Bertz CT molecular complexity index is 1250. The number of carbonyl (C=O) groups excluding carboxylic acids is 2. The van der Waals surface area contributed by atoms with Crippen LogP contribution in [0.4, 0.5) is 5.69 Å². The monoisotopic (exact) mass is 547 g/mol. The van der Waals surface area contributed by atoms with E-state index < -0.39 is 6.04 Å². The number of nitrogens with zero attached hydrogens (tertiary/aromatic N) is 3. The number of hydrogen-bond acceptors (Lipinski definition) is 6. The van der Waals surface area contributed by atoms with E-state index in [4.69, 9.17) is 27.9 Å². The minimum atomic E-state index is -0.444. The first-order chi connectivity index (χ1) is 17.2. The van der Waals surface area contributed by atoms with Crippen LogP contribution in [0.25, 0.3) is 0 Å². The summed E-state index contributed by atoms with van der Waals surface area (Å²) in [6.07, 6.45) is 1.71. The van der Waals surface area contributed by atoms with Gasteiger partial charge in [-0.3, -0.25) is 9.59 Å². The van der Waals surface area contributed by atoms with Crippen LogP contribution in [0.15, 0.2) is 60.3 Å². The van der Waals surface area contributed by atoms with Crippen molar-refractivity contribution in [1.82, 2.24) is 20.1 Å². The number of allylic oxidation sites excluding steroid dienone is 1. The van der Waals surface area contributed by atoms with E-state index in [1.54, 1.807) is 48.5 Å². The van der Waals surface area contributed by atoms with Crippen molar-refractivity contribution >= 4 is 52.5 Å². The number of methoxy groups -OCH3 is 1. The number of benzene rings is 2. The van der Waals surface area contributed by atoms with Crippen molar-refractivity contribution in [2.45, 2.75) is 31.6 Å². The van der Waals surface area contributed by atoms with Crippen LogP contribution in [-0.4, -0.2) is 39.4 Å². The molecule has 2 amide bonds. The first-order valence-electron chi connectivity index (χ1n) is 11.1. The van der Waals surface area contributed by atoms with Gasteiger partial charge in [0.2, 0.25) is 5.91 Å². The number of halogens is 2. The maximum Gasteiger partial charge on any atom is 0.253 e. The highest BCUT2D eigenvalue weighted by Crippen LogP contribution is 2.29. The van der Waals surface area contributed by atoms with E-state index in [1.165, 1.54) is 18.9 Å². The van der Waals surface area contributed by atoms with E-state index in [-0.39, 0.29) is 23.5 Å². The molecular weight excluding hydrogens is 521 g/mol. The van der Waals surface area contributed by atoms with Gasteiger partial charge in [-0.05, 0) is 36.2 Å². The molecule has 36 heavy (non-hydrogen) atoms. The molecule has 2 N–H and O–H groups in total. The Labute approximate surface area is 224 Å². The molecule has 0 spiro atoms. The van der Waals surface area contributed by atoms with E-state index in [0.29, 0.717) is 44.6 Å². The van der Waals surface area contributed by atoms with Crippen molar-refractivity contribution in [3.63, 3.8) is 0 Å². The van der Waals surface area contributed by atoms with Crippen LogP contribution in [-0.2, 0) is 11.3 Å². The van der Waals surface area contributed by atoms with Crippen LogP contribution in [0, 0.1) is 5.92 Å². The van der Waals surface area contributed by atoms with Crippen LogP contribution in [0.1, 0.15) is 36.1 Å². The summed E-state index contributed by atoms with van der Waals surface area (Å²) in [4.78, 5) is 25.6. The molecule has 0 radical (unpaired) electrons. The summed E-state index contributed by atoms with van der Waals surface area (Å²) in [6.45, 7) is 8.18. The molecule has 190 valence electrons. The molecular formula is C25H27Cl2N5O3S. The average Bonchev–Trinajstić information content (AvgIpc) is 3.23. The summed E-state index contributed by atoms with van der Waals surface area (Å²) in [5.41, 5.74) is 0.855. The predicted molar refractivity (Wildman–Crippen MR) is 144 cm³/mol. The Morgan fingerprint density at radius 3 is 2.61 bits per heavy atom. The number of hydrogen-bond donors (Lipinski definition) is 2. The van der Waals surface area contributed by atoms with Crippen molar-refractivity contribution < 1.29 is 14.3 Å². The summed E-state index contributed by atoms with van der Waals surface area (Å²) in [6, 6.07) is 11.4. The largest absolute Gasteiger partial charge is 0.495 e. The summed E-state index contributed by atoms with van der Waals surface area (Å²) in [5.74, 6) is 0.567. The highest BCUT2D eigenvalue weighted by atomic mass is 35.5. The molecule has 1 heterocycles. The van der Waals surface area contributed by atoms with E-state index >= 15 is 0 Å². The van der Waals surface area contributed by atoms with Crippen LogP contribution >= 0.6 is 35.0 Å². The van der Waals surface area contributed by atoms with Gasteiger partial charge in [0.15, 0.2) is 11.0 Å². The maximum absolute atomic E-state index is 12.9. The minimum Gasteiger partial charge on any atom is -0.495 e. The first kappa shape index (κ1) is 27.6. The summed E-state index contributed by atoms with van der Waals surface area (Å²) in [7, 11) is 1.52. The van der Waals surface area contributed by atoms with Gasteiger partial charge in [-0.25, -0.2) is 0 Å². The lowest BCUT2D eigenvalue weighted by Gasteiger charge is -2.23. The Balaban J connectivity index is 1.77. The van der Waals surface area contributed by atoms with Crippen LogP contribution in [0.5, 0.6) is 5.75 Å². The molecule has 0 bridgehead atoms. The Morgan fingerprint density at radius 1 is 1.19 bits per heavy atom. The molecule has 0 saturated heterocycles. The molecule has 0 saturated carbocycles. The average molecular weight is 548 g/mol. The van der Waals surface area contributed by atoms with Crippen LogP contribution < -0.4 is 15.4 Å². The Kier molecular flexibility index (Phi) is 9.81. The zero-order valence-corrected chi connectivity index (χ0v) is 22.5. The van der Waals surface area contributed by atoms with Gasteiger partial charge in [-0.2, -0.15) is 0 Å². The van der Waals surface area contributed by atoms with E-state index in [1.807, 2.05) is 18.4 Å². The normalized spacial score (nSPS) is 11.7. The van der Waals surface area contributed by atoms with Crippen molar-refractivity contribution in [1.29, 1.82) is 0 Å². The second-order valence-corrected chi connectivity index (χ2v) is 9.88. The third kappa shape index (κ3) is 6.81. The highest BCUT2D eigenvalue weighted by molar-refractivity contribution is 7.99. The molecule has 0 fully saturated rings. The molecule has 1 unspecified atom stereocenters. The zero-order valence-electron chi connectivity index (χ0n) is 20.1. The standard InChI is InChI=1S/C25H27Cl2N5O3S/c1-5-12-32-23(22(15(2)3)29-24(34)17-8-6-7-9-18(17)27)30-31-25(32)36-14-21(33)28-19-13-16(26)10-11-20(19)35-4/h5-11,13,15,22H,1,12,14H2,2-4H3,(H,28,33)(H,29,34). The molecule has 1 atom stereocenters. The fourth-order valence-electron chi connectivity index (χ4n) is 3.43. The smallest absolute Gasteiger partial charge is 0.253 e. The van der Waals surface area contributed by atoms with Crippen LogP contribution in [0.3, 0.4) is 0 Å². The molecule has 8 nitrogen and oxygen atoms in total. The third-order valence-electron chi connectivity index (χ3n) is 5.18. The van der Waals surface area contributed by atoms with E-state index in [2.05, 4.69) is 27.4 Å². The summed E-state index contributed by atoms with van der Waals surface area (Å²) < 4.78 is 7.11. The van der Waals surface area contributed by atoms with Gasteiger partial charge in [0, 0.05) is 11.6 Å². The number of thioether (sulfide) groups is 1. The maximum atomic E-state index is 12.9. The number of amides is 2. The second kappa shape index (κ2) is 12.8. The van der Waals surface area contributed by atoms with Crippen molar-refractivity contribution in [2.24, 2.45) is 5.92 Å². The highest BCUT2D eigenvalue weighted by Gasteiger charge is 2.27. The molecule has 3 aromatic rings. The fraction of sp³-hybridized carbons (Fsp3) is 0.280. The molecule has 0 aliphatic carbocycles. The molecule has 3 rings (SSSR count). The Hall–Kier alpha value is -3.01. The molecule has 0 aliphatic rings. The summed E-state index contributed by atoms with van der Waals surface area (Å²) >= 11 is 13.5. The lowest BCUT2D eigenvalue weighted by molar-refractivity contribution is -0.113. The number of anilines is 1. The lowest BCUT2D eigenvalue weighted by Crippen LogP contribution is -2.34. The SMILES string of the molecule is C=CCn1c(SCC(=O)Nc2cc(Cl)ccc2OC)nnc1C(NC(=O)c1ccccc1Cl)C(C)C. The quantitative estimate of drug-likeness (QED) is 0.238. The molecule has 11 heteroatoms. The lowest BCUT2D eigenvalue weighted by atomic mass is 10.0. The van der Waals surface area contributed by atoms with Crippen molar-refractivity contribution in [3.05, 3.63) is 76.6 Å². The van der Waals surface area contributed by atoms with Gasteiger partial charge >= 0.3 is 0 Å². The van der Waals surface area contributed by atoms with E-state index in [0.717, 1.165) is 0 Å². The van der Waals surface area contributed by atoms with Gasteiger partial charge in [0.25, 0.3) is 5.91 Å². The third-order valence-corrected chi connectivity index (χ3v) is 6.71. The number of nitrogens with one attached hydrogen (secondary N) is 2. The van der Waals surface area contributed by atoms with Gasteiger partial charge in [-0.15, -0.1) is 16.8 Å². The van der Waals surface area contributed by atoms with Gasteiger partial charge in [0.05, 0.1) is 35.2 Å². The van der Waals surface area contributed by atoms with E-state index in [9.17, 15) is 9.59 Å². The summed E-state index contributed by atoms with van der Waals surface area (Å²) in [5, 5.41) is 15.8. The number of carbonyl (C=O) groups is 2. The topological polar surface area (TPSA) is 98.1 Å². The molecule has 2 aromatic carbocycles. The fourth-order valence-corrected chi connectivity index (χ4v) is 4.57. The number of rotatable bonds is 11. The van der Waals surface area contributed by atoms with Gasteiger partial charge in [-0.1, -0.05) is 67.0 Å².